The van der Waals surface area contributed by atoms with Crippen LogP contribution in [-0.2, 0) is 11.2 Å². The third-order valence-electron chi connectivity index (χ3n) is 4.29. The van der Waals surface area contributed by atoms with Crippen LogP contribution in [0.5, 0.6) is 11.5 Å². The van der Waals surface area contributed by atoms with Gasteiger partial charge in [-0.25, -0.2) is 0 Å². The molecule has 1 aliphatic carbocycles. The Balaban J connectivity index is 0.000000257. The molecule has 0 fully saturated rings. The van der Waals surface area contributed by atoms with Crippen LogP contribution in [0, 0.1) is 5.41 Å². The van der Waals surface area contributed by atoms with Crippen molar-refractivity contribution in [1.29, 1.82) is 0 Å². The molecule has 3 nitrogen and oxygen atoms in total. The van der Waals surface area contributed by atoms with E-state index in [1.54, 1.807) is 25.3 Å². The lowest BCUT2D eigenvalue weighted by Gasteiger charge is -2.29. The first-order valence-corrected chi connectivity index (χ1v) is 8.68. The Bertz CT molecular complexity index is 691. The number of benzene rings is 1. The summed E-state index contributed by atoms with van der Waals surface area (Å²) in [5, 5.41) is 9.30. The van der Waals surface area contributed by atoms with Crippen LogP contribution in [0.2, 0.25) is 0 Å². The third-order valence-corrected chi connectivity index (χ3v) is 4.29. The molecule has 1 aromatic rings. The van der Waals surface area contributed by atoms with Gasteiger partial charge in [0.15, 0.2) is 17.3 Å². The van der Waals surface area contributed by atoms with Crippen molar-refractivity contribution in [2.75, 3.05) is 7.11 Å². The topological polar surface area (TPSA) is 46.5 Å². The molecule has 1 aromatic carbocycles. The summed E-state index contributed by atoms with van der Waals surface area (Å²) in [6.45, 7) is 10.2. The number of aromatic hydroxyl groups is 1. The maximum atomic E-state index is 11.8. The fraction of sp³-hybridized carbons (Fsp3) is 0.409. The number of carbonyl (C=O) groups excluding carboxylic acids is 1. The van der Waals surface area contributed by atoms with Crippen molar-refractivity contribution in [1.82, 2.24) is 0 Å². The van der Waals surface area contributed by atoms with Gasteiger partial charge in [0.2, 0.25) is 0 Å². The molecule has 136 valence electrons. The van der Waals surface area contributed by atoms with E-state index in [9.17, 15) is 9.90 Å². The highest BCUT2D eigenvalue weighted by Gasteiger charge is 2.29. The number of hydrogen-bond acceptors (Lipinski definition) is 3. The van der Waals surface area contributed by atoms with Gasteiger partial charge in [-0.15, -0.1) is 0 Å². The number of phenols is 1. The Labute approximate surface area is 151 Å². The quantitative estimate of drug-likeness (QED) is 0.745. The molecule has 3 heteroatoms. The van der Waals surface area contributed by atoms with Crippen molar-refractivity contribution in [2.24, 2.45) is 5.41 Å². The zero-order valence-electron chi connectivity index (χ0n) is 16.2. The lowest BCUT2D eigenvalue weighted by atomic mass is 9.74. The first-order chi connectivity index (χ1) is 11.8. The van der Waals surface area contributed by atoms with E-state index in [2.05, 4.69) is 19.9 Å². The molecular formula is C22H30O3. The Hall–Kier alpha value is -2.29. The molecule has 0 aromatic heterocycles. The minimum Gasteiger partial charge on any atom is -0.504 e. The molecule has 1 N–H and O–H groups in total. The van der Waals surface area contributed by atoms with Gasteiger partial charge < -0.3 is 9.84 Å². The molecule has 0 bridgehead atoms. The lowest BCUT2D eigenvalue weighted by molar-refractivity contribution is -0.112. The van der Waals surface area contributed by atoms with Crippen LogP contribution in [0.1, 0.15) is 46.6 Å². The van der Waals surface area contributed by atoms with Crippen LogP contribution in [-0.4, -0.2) is 18.0 Å². The molecule has 0 amide bonds. The fourth-order valence-electron chi connectivity index (χ4n) is 3.10. The fourth-order valence-corrected chi connectivity index (χ4v) is 3.10. The molecule has 0 saturated heterocycles. The summed E-state index contributed by atoms with van der Waals surface area (Å²) in [5.41, 5.74) is 3.07. The summed E-state index contributed by atoms with van der Waals surface area (Å²) >= 11 is 0. The van der Waals surface area contributed by atoms with Gasteiger partial charge in [-0.2, -0.15) is 0 Å². The maximum absolute atomic E-state index is 11.8. The number of carbonyl (C=O) groups is 1. The van der Waals surface area contributed by atoms with Crippen molar-refractivity contribution in [2.45, 2.75) is 47.5 Å². The summed E-state index contributed by atoms with van der Waals surface area (Å²) in [4.78, 5) is 11.8. The Kier molecular flexibility index (Phi) is 7.69. The predicted octanol–water partition coefficient (Wildman–Crippen LogP) is 5.40. The minimum absolute atomic E-state index is 0.0184. The van der Waals surface area contributed by atoms with Crippen molar-refractivity contribution in [3.63, 3.8) is 0 Å². The van der Waals surface area contributed by atoms with Gasteiger partial charge in [-0.05, 0) is 55.4 Å². The summed E-state index contributed by atoms with van der Waals surface area (Å²) < 4.78 is 5.02. The Morgan fingerprint density at radius 3 is 2.52 bits per heavy atom. The molecule has 1 aliphatic rings. The van der Waals surface area contributed by atoms with Gasteiger partial charge in [0.25, 0.3) is 0 Å². The number of ether oxygens (including phenoxy) is 1. The molecule has 25 heavy (non-hydrogen) atoms. The number of aryl methyl sites for hydroxylation is 1. The van der Waals surface area contributed by atoms with E-state index in [4.69, 9.17) is 4.74 Å². The molecule has 0 heterocycles. The van der Waals surface area contributed by atoms with Crippen molar-refractivity contribution in [3.8, 4) is 11.5 Å². The number of phenolic OH excluding ortho intramolecular Hbond substituents is 1. The van der Waals surface area contributed by atoms with Gasteiger partial charge in [0.1, 0.15) is 0 Å². The Morgan fingerprint density at radius 2 is 2.04 bits per heavy atom. The smallest absolute Gasteiger partial charge is 0.182 e. The monoisotopic (exact) mass is 342 g/mol. The second kappa shape index (κ2) is 9.26. The van der Waals surface area contributed by atoms with Crippen molar-refractivity contribution in [3.05, 3.63) is 59.2 Å². The molecular weight excluding hydrogens is 312 g/mol. The van der Waals surface area contributed by atoms with Gasteiger partial charge >= 0.3 is 0 Å². The molecule has 0 atom stereocenters. The van der Waals surface area contributed by atoms with Crippen molar-refractivity contribution >= 4 is 5.78 Å². The van der Waals surface area contributed by atoms with E-state index in [0.29, 0.717) is 5.75 Å². The van der Waals surface area contributed by atoms with Crippen LogP contribution < -0.4 is 4.74 Å². The number of methoxy groups -OCH3 is 1. The van der Waals surface area contributed by atoms with Crippen molar-refractivity contribution < 1.29 is 14.6 Å². The van der Waals surface area contributed by atoms with E-state index >= 15 is 0 Å². The minimum atomic E-state index is -0.0184. The van der Waals surface area contributed by atoms with E-state index in [0.717, 1.165) is 29.6 Å². The van der Waals surface area contributed by atoms with E-state index in [1.165, 1.54) is 0 Å². The van der Waals surface area contributed by atoms with Crippen LogP contribution in [0.15, 0.2) is 53.6 Å². The average molecular weight is 342 g/mol. The second-order valence-corrected chi connectivity index (χ2v) is 6.74. The number of rotatable bonds is 4. The number of ketones is 1. The molecule has 0 aliphatic heterocycles. The molecule has 0 radical (unpaired) electrons. The maximum Gasteiger partial charge on any atom is 0.182 e. The van der Waals surface area contributed by atoms with Crippen LogP contribution in [0.25, 0.3) is 0 Å². The van der Waals surface area contributed by atoms with Crippen LogP contribution in [0.4, 0.5) is 0 Å². The van der Waals surface area contributed by atoms with Crippen LogP contribution in [0.3, 0.4) is 0 Å². The van der Waals surface area contributed by atoms with Crippen LogP contribution >= 0.6 is 0 Å². The standard InChI is InChI=1S/C13H18O.C9H12O2/c1-5-7-11(14)12-10(2)8-6-9-13(12,3)4;1-3-7-5-4-6-8(10)9(7)11-2/h5-8H,9H2,1-4H3;4-6,10H,3H2,1-2H3/b7-5+;. The summed E-state index contributed by atoms with van der Waals surface area (Å²) in [7, 11) is 1.56. The predicted molar refractivity (Wildman–Crippen MR) is 104 cm³/mol. The largest absolute Gasteiger partial charge is 0.504 e. The number of para-hydroxylation sites is 1. The summed E-state index contributed by atoms with van der Waals surface area (Å²) in [6, 6.07) is 5.38. The van der Waals surface area contributed by atoms with Gasteiger partial charge in [-0.3, -0.25) is 4.79 Å². The highest BCUT2D eigenvalue weighted by Crippen LogP contribution is 2.37. The highest BCUT2D eigenvalue weighted by molar-refractivity contribution is 6.05. The molecule has 0 saturated carbocycles. The Morgan fingerprint density at radius 1 is 1.36 bits per heavy atom. The van der Waals surface area contributed by atoms with Gasteiger partial charge in [0.05, 0.1) is 7.11 Å². The lowest BCUT2D eigenvalue weighted by Crippen LogP contribution is -2.23. The molecule has 2 rings (SSSR count). The third kappa shape index (κ3) is 5.35. The van der Waals surface area contributed by atoms with Gasteiger partial charge in [0, 0.05) is 5.57 Å². The average Bonchev–Trinajstić information content (AvgIpc) is 2.54. The second-order valence-electron chi connectivity index (χ2n) is 6.74. The van der Waals surface area contributed by atoms with Gasteiger partial charge in [-0.1, -0.05) is 51.1 Å². The van der Waals surface area contributed by atoms with E-state index in [1.807, 2.05) is 39.0 Å². The number of hydrogen-bond donors (Lipinski definition) is 1. The summed E-state index contributed by atoms with van der Waals surface area (Å²) in [6.07, 6.45) is 9.46. The normalized spacial score (nSPS) is 15.8. The first-order valence-electron chi connectivity index (χ1n) is 8.68. The van der Waals surface area contributed by atoms with E-state index in [-0.39, 0.29) is 16.9 Å². The highest BCUT2D eigenvalue weighted by atomic mass is 16.5. The summed E-state index contributed by atoms with van der Waals surface area (Å²) in [5.74, 6) is 0.959. The number of allylic oxidation sites excluding steroid dienone is 6. The first kappa shape index (κ1) is 20.8. The molecule has 0 unspecified atom stereocenters. The zero-order chi connectivity index (χ0) is 19.0. The van der Waals surface area contributed by atoms with E-state index < -0.39 is 0 Å². The SMILES string of the molecule is C/C=C/C(=O)C1=C(C)C=CCC1(C)C.CCc1cccc(O)c1OC. The zero-order valence-corrected chi connectivity index (χ0v) is 16.2. The molecule has 0 spiro atoms.